The summed E-state index contributed by atoms with van der Waals surface area (Å²) in [7, 11) is 1.25. The van der Waals surface area contributed by atoms with E-state index in [1.165, 1.54) is 7.11 Å². The number of hydrogen-bond acceptors (Lipinski definition) is 7. The van der Waals surface area contributed by atoms with Crippen LogP contribution in [0.4, 0.5) is 5.69 Å². The molecule has 0 aliphatic carbocycles. The van der Waals surface area contributed by atoms with Gasteiger partial charge in [0.1, 0.15) is 5.92 Å². The summed E-state index contributed by atoms with van der Waals surface area (Å²) >= 11 is 0. The van der Waals surface area contributed by atoms with Gasteiger partial charge in [-0.3, -0.25) is 19.7 Å². The number of methoxy groups -OCH3 is 1. The Kier molecular flexibility index (Phi) is 5.72. The number of nitro benzene ring substituents is 1. The largest absolute Gasteiger partial charge is 0.504 e. The van der Waals surface area contributed by atoms with E-state index in [0.29, 0.717) is 6.54 Å². The zero-order chi connectivity index (χ0) is 21.0. The number of carbonyl (C=O) groups excluding carboxylic acids is 2. The SMILES string of the molecule is COc1cc([N+](=O)[O-])cc(C=NNC(=O)[C@H]2C(=O)NC[C@@H]2c2ccccc2)c1O. The molecule has 0 saturated carbocycles. The van der Waals surface area contributed by atoms with Crippen LogP contribution in [-0.2, 0) is 9.59 Å². The van der Waals surface area contributed by atoms with E-state index in [1.807, 2.05) is 30.3 Å². The number of hydrazone groups is 1. The molecule has 0 radical (unpaired) electrons. The summed E-state index contributed by atoms with van der Waals surface area (Å²) in [6, 6.07) is 11.3. The highest BCUT2D eigenvalue weighted by atomic mass is 16.6. The molecule has 1 aliphatic rings. The minimum Gasteiger partial charge on any atom is -0.504 e. The van der Waals surface area contributed by atoms with Crippen LogP contribution in [0.3, 0.4) is 0 Å². The quantitative estimate of drug-likeness (QED) is 0.290. The first-order valence-electron chi connectivity index (χ1n) is 8.63. The molecule has 10 nitrogen and oxygen atoms in total. The van der Waals surface area contributed by atoms with E-state index in [1.54, 1.807) is 0 Å². The molecule has 10 heteroatoms. The summed E-state index contributed by atoms with van der Waals surface area (Å²) in [4.78, 5) is 35.0. The average Bonchev–Trinajstić information content (AvgIpc) is 3.11. The molecule has 0 bridgehead atoms. The second-order valence-corrected chi connectivity index (χ2v) is 6.32. The predicted octanol–water partition coefficient (Wildman–Crippen LogP) is 1.29. The van der Waals surface area contributed by atoms with Crippen LogP contribution in [0, 0.1) is 16.0 Å². The molecule has 1 aliphatic heterocycles. The number of phenolic OH excluding ortho intramolecular Hbond substituents is 1. The molecule has 3 N–H and O–H groups in total. The van der Waals surface area contributed by atoms with Gasteiger partial charge in [-0.05, 0) is 5.56 Å². The molecule has 0 spiro atoms. The zero-order valence-corrected chi connectivity index (χ0v) is 15.4. The Bertz CT molecular complexity index is 976. The number of ether oxygens (including phenoxy) is 1. The van der Waals surface area contributed by atoms with Gasteiger partial charge in [-0.1, -0.05) is 30.3 Å². The Morgan fingerprint density at radius 1 is 1.38 bits per heavy atom. The van der Waals surface area contributed by atoms with Crippen molar-refractivity contribution in [1.29, 1.82) is 0 Å². The highest BCUT2D eigenvalue weighted by Crippen LogP contribution is 2.33. The molecule has 2 amide bonds. The van der Waals surface area contributed by atoms with Crippen molar-refractivity contribution in [3.63, 3.8) is 0 Å². The van der Waals surface area contributed by atoms with Crippen molar-refractivity contribution >= 4 is 23.7 Å². The van der Waals surface area contributed by atoms with E-state index in [-0.39, 0.29) is 28.7 Å². The molecule has 29 heavy (non-hydrogen) atoms. The van der Waals surface area contributed by atoms with Gasteiger partial charge in [0, 0.05) is 24.1 Å². The van der Waals surface area contributed by atoms with E-state index >= 15 is 0 Å². The maximum atomic E-state index is 12.5. The van der Waals surface area contributed by atoms with Gasteiger partial charge in [-0.2, -0.15) is 5.10 Å². The number of nitrogens with zero attached hydrogens (tertiary/aromatic N) is 2. The molecule has 1 heterocycles. The first kappa shape index (κ1) is 19.8. The lowest BCUT2D eigenvalue weighted by Gasteiger charge is -2.15. The van der Waals surface area contributed by atoms with E-state index < -0.39 is 22.7 Å². The van der Waals surface area contributed by atoms with Crippen molar-refractivity contribution in [3.8, 4) is 11.5 Å². The van der Waals surface area contributed by atoms with Crippen LogP contribution in [-0.4, -0.2) is 41.7 Å². The van der Waals surface area contributed by atoms with E-state index in [2.05, 4.69) is 15.8 Å². The molecular formula is C19H18N4O6. The number of benzene rings is 2. The minimum atomic E-state index is -0.970. The Morgan fingerprint density at radius 2 is 2.10 bits per heavy atom. The highest BCUT2D eigenvalue weighted by molar-refractivity contribution is 6.03. The normalized spacial score (nSPS) is 18.4. The van der Waals surface area contributed by atoms with Crippen LogP contribution >= 0.6 is 0 Å². The van der Waals surface area contributed by atoms with Crippen LogP contribution < -0.4 is 15.5 Å². The van der Waals surface area contributed by atoms with Crippen molar-refractivity contribution in [2.24, 2.45) is 11.0 Å². The number of carbonyl (C=O) groups is 2. The minimum absolute atomic E-state index is 0.0215. The van der Waals surface area contributed by atoms with Gasteiger partial charge < -0.3 is 15.2 Å². The van der Waals surface area contributed by atoms with Gasteiger partial charge in [-0.15, -0.1) is 0 Å². The number of nitro groups is 1. The zero-order valence-electron chi connectivity index (χ0n) is 15.4. The van der Waals surface area contributed by atoms with Crippen LogP contribution in [0.5, 0.6) is 11.5 Å². The smallest absolute Gasteiger partial charge is 0.274 e. The van der Waals surface area contributed by atoms with Gasteiger partial charge in [-0.25, -0.2) is 5.43 Å². The number of nitrogens with one attached hydrogen (secondary N) is 2. The Hall–Kier alpha value is -3.95. The number of aromatic hydroxyl groups is 1. The van der Waals surface area contributed by atoms with Crippen LogP contribution in [0.25, 0.3) is 0 Å². The van der Waals surface area contributed by atoms with Crippen molar-refractivity contribution in [3.05, 3.63) is 63.7 Å². The number of hydrogen-bond donors (Lipinski definition) is 3. The highest BCUT2D eigenvalue weighted by Gasteiger charge is 2.40. The van der Waals surface area contributed by atoms with Gasteiger partial charge in [0.15, 0.2) is 11.5 Å². The third-order valence-corrected chi connectivity index (χ3v) is 4.59. The predicted molar refractivity (Wildman–Crippen MR) is 103 cm³/mol. The maximum absolute atomic E-state index is 12.5. The van der Waals surface area contributed by atoms with E-state index in [9.17, 15) is 24.8 Å². The molecular weight excluding hydrogens is 380 g/mol. The van der Waals surface area contributed by atoms with Crippen LogP contribution in [0.1, 0.15) is 17.0 Å². The summed E-state index contributed by atoms with van der Waals surface area (Å²) in [5.41, 5.74) is 2.77. The van der Waals surface area contributed by atoms with Crippen LogP contribution in [0.2, 0.25) is 0 Å². The third kappa shape index (κ3) is 4.15. The lowest BCUT2D eigenvalue weighted by Crippen LogP contribution is -2.34. The maximum Gasteiger partial charge on any atom is 0.274 e. The lowest BCUT2D eigenvalue weighted by atomic mass is 9.88. The Labute approximate surface area is 165 Å². The van der Waals surface area contributed by atoms with Crippen LogP contribution in [0.15, 0.2) is 47.6 Å². The molecule has 2 atom stereocenters. The molecule has 0 unspecified atom stereocenters. The first-order valence-corrected chi connectivity index (χ1v) is 8.63. The number of phenols is 1. The third-order valence-electron chi connectivity index (χ3n) is 4.59. The lowest BCUT2D eigenvalue weighted by molar-refractivity contribution is -0.385. The van der Waals surface area contributed by atoms with Crippen molar-refractivity contribution in [2.75, 3.05) is 13.7 Å². The van der Waals surface area contributed by atoms with Gasteiger partial charge >= 0.3 is 0 Å². The molecule has 2 aromatic carbocycles. The van der Waals surface area contributed by atoms with E-state index in [4.69, 9.17) is 4.74 Å². The van der Waals surface area contributed by atoms with Gasteiger partial charge in [0.2, 0.25) is 5.91 Å². The summed E-state index contributed by atoms with van der Waals surface area (Å²) in [5, 5.41) is 27.5. The number of amides is 2. The molecule has 0 aromatic heterocycles. The van der Waals surface area contributed by atoms with E-state index in [0.717, 1.165) is 23.9 Å². The Morgan fingerprint density at radius 3 is 2.76 bits per heavy atom. The summed E-state index contributed by atoms with van der Waals surface area (Å²) in [6.45, 7) is 0.327. The van der Waals surface area contributed by atoms with Crippen molar-refractivity contribution in [2.45, 2.75) is 5.92 Å². The number of non-ortho nitro benzene ring substituents is 1. The number of rotatable bonds is 6. The molecule has 1 fully saturated rings. The fourth-order valence-electron chi connectivity index (χ4n) is 3.14. The van der Waals surface area contributed by atoms with Crippen molar-refractivity contribution < 1.29 is 24.4 Å². The topological polar surface area (TPSA) is 143 Å². The molecule has 2 aromatic rings. The first-order chi connectivity index (χ1) is 13.9. The monoisotopic (exact) mass is 398 g/mol. The Balaban J connectivity index is 1.78. The average molecular weight is 398 g/mol. The fraction of sp³-hybridized carbons (Fsp3) is 0.211. The summed E-state index contributed by atoms with van der Waals surface area (Å²) in [5.74, 6) is -2.82. The van der Waals surface area contributed by atoms with Gasteiger partial charge in [0.05, 0.1) is 24.3 Å². The standard InChI is InChI=1S/C19H18N4O6/c1-29-15-8-13(23(27)28)7-12(17(15)24)9-21-22-19(26)16-14(10-20-18(16)25)11-5-3-2-4-6-11/h2-9,14,16,24H,10H2,1H3,(H,20,25)(H,22,26)/t14-,16-/m1/s1. The second kappa shape index (κ2) is 8.38. The van der Waals surface area contributed by atoms with Crippen molar-refractivity contribution in [1.82, 2.24) is 10.7 Å². The fourth-order valence-corrected chi connectivity index (χ4v) is 3.14. The molecule has 1 saturated heterocycles. The summed E-state index contributed by atoms with van der Waals surface area (Å²) in [6.07, 6.45) is 1.05. The molecule has 150 valence electrons. The molecule has 3 rings (SSSR count). The summed E-state index contributed by atoms with van der Waals surface area (Å²) < 4.78 is 4.91. The second-order valence-electron chi connectivity index (χ2n) is 6.32. The van der Waals surface area contributed by atoms with Gasteiger partial charge in [0.25, 0.3) is 11.6 Å².